The highest BCUT2D eigenvalue weighted by molar-refractivity contribution is 7.80. The van der Waals surface area contributed by atoms with E-state index in [9.17, 15) is 4.79 Å². The van der Waals surface area contributed by atoms with Crippen LogP contribution in [-0.4, -0.2) is 11.0 Å². The standard InChI is InChI=1S/C16H22N2OS/c1-11-7-8-12(2)14(9-11)17-16(20)18-15(19)10-13-5-3-4-6-13/h7-9,13H,3-6,10H2,1-2H3,(H2,17,18,19,20). The summed E-state index contributed by atoms with van der Waals surface area (Å²) in [6.07, 6.45) is 5.44. The van der Waals surface area contributed by atoms with E-state index in [-0.39, 0.29) is 5.91 Å². The normalized spacial score (nSPS) is 15.1. The van der Waals surface area contributed by atoms with Crippen molar-refractivity contribution in [3.05, 3.63) is 29.3 Å². The lowest BCUT2D eigenvalue weighted by Gasteiger charge is -2.13. The van der Waals surface area contributed by atoms with E-state index in [2.05, 4.69) is 16.7 Å². The Hall–Kier alpha value is -1.42. The first-order chi connectivity index (χ1) is 9.54. The highest BCUT2D eigenvalue weighted by Crippen LogP contribution is 2.27. The molecule has 108 valence electrons. The van der Waals surface area contributed by atoms with Gasteiger partial charge in [-0.05, 0) is 62.0 Å². The minimum absolute atomic E-state index is 0.0275. The van der Waals surface area contributed by atoms with E-state index in [1.54, 1.807) is 0 Å². The number of nitrogens with one attached hydrogen (secondary N) is 2. The Morgan fingerprint density at radius 1 is 1.30 bits per heavy atom. The van der Waals surface area contributed by atoms with Crippen molar-refractivity contribution < 1.29 is 4.79 Å². The van der Waals surface area contributed by atoms with Gasteiger partial charge in [-0.25, -0.2) is 0 Å². The molecule has 0 heterocycles. The van der Waals surface area contributed by atoms with Gasteiger partial charge in [-0.3, -0.25) is 4.79 Å². The van der Waals surface area contributed by atoms with Gasteiger partial charge in [0.15, 0.2) is 5.11 Å². The summed E-state index contributed by atoms with van der Waals surface area (Å²) in [6, 6.07) is 6.13. The number of hydrogen-bond donors (Lipinski definition) is 2. The molecule has 1 aromatic rings. The molecule has 2 rings (SSSR count). The number of carbonyl (C=O) groups excluding carboxylic acids is 1. The van der Waals surface area contributed by atoms with Crippen LogP contribution in [0.1, 0.15) is 43.2 Å². The fraction of sp³-hybridized carbons (Fsp3) is 0.500. The number of hydrogen-bond acceptors (Lipinski definition) is 2. The molecule has 0 radical (unpaired) electrons. The zero-order chi connectivity index (χ0) is 14.5. The molecule has 0 unspecified atom stereocenters. The maximum Gasteiger partial charge on any atom is 0.226 e. The van der Waals surface area contributed by atoms with Crippen LogP contribution in [0, 0.1) is 19.8 Å². The summed E-state index contributed by atoms with van der Waals surface area (Å²) >= 11 is 5.21. The summed E-state index contributed by atoms with van der Waals surface area (Å²) in [6.45, 7) is 4.05. The number of rotatable bonds is 3. The maximum atomic E-state index is 11.9. The summed E-state index contributed by atoms with van der Waals surface area (Å²) in [7, 11) is 0. The topological polar surface area (TPSA) is 41.1 Å². The highest BCUT2D eigenvalue weighted by atomic mass is 32.1. The van der Waals surface area contributed by atoms with Gasteiger partial charge in [0.1, 0.15) is 0 Å². The van der Waals surface area contributed by atoms with Gasteiger partial charge >= 0.3 is 0 Å². The fourth-order valence-electron chi connectivity index (χ4n) is 2.68. The van der Waals surface area contributed by atoms with Crippen molar-refractivity contribution in [3.63, 3.8) is 0 Å². The third-order valence-corrected chi connectivity index (χ3v) is 4.05. The molecule has 0 atom stereocenters. The van der Waals surface area contributed by atoms with Crippen LogP contribution in [0.2, 0.25) is 0 Å². The lowest BCUT2D eigenvalue weighted by Crippen LogP contribution is -2.35. The van der Waals surface area contributed by atoms with Crippen molar-refractivity contribution >= 4 is 28.9 Å². The molecule has 4 heteroatoms. The second kappa shape index (κ2) is 6.84. The van der Waals surface area contributed by atoms with Gasteiger partial charge in [-0.15, -0.1) is 0 Å². The molecule has 1 saturated carbocycles. The van der Waals surface area contributed by atoms with Gasteiger partial charge in [-0.1, -0.05) is 25.0 Å². The van der Waals surface area contributed by atoms with Crippen molar-refractivity contribution in [2.75, 3.05) is 5.32 Å². The van der Waals surface area contributed by atoms with Crippen molar-refractivity contribution in [2.24, 2.45) is 5.92 Å². The number of carbonyl (C=O) groups is 1. The Balaban J connectivity index is 1.85. The Kier molecular flexibility index (Phi) is 5.12. The van der Waals surface area contributed by atoms with Crippen LogP contribution in [0.3, 0.4) is 0 Å². The minimum atomic E-state index is 0.0275. The zero-order valence-electron chi connectivity index (χ0n) is 12.2. The Labute approximate surface area is 126 Å². The van der Waals surface area contributed by atoms with E-state index in [1.165, 1.54) is 25.7 Å². The van der Waals surface area contributed by atoms with Crippen molar-refractivity contribution in [2.45, 2.75) is 46.0 Å². The molecule has 1 aromatic carbocycles. The molecule has 1 amide bonds. The van der Waals surface area contributed by atoms with Crippen LogP contribution in [-0.2, 0) is 4.79 Å². The molecule has 0 spiro atoms. The molecule has 0 saturated heterocycles. The van der Waals surface area contributed by atoms with Crippen LogP contribution in [0.4, 0.5) is 5.69 Å². The number of anilines is 1. The Bertz CT molecular complexity index is 507. The van der Waals surface area contributed by atoms with Gasteiger partial charge < -0.3 is 10.6 Å². The van der Waals surface area contributed by atoms with Crippen LogP contribution < -0.4 is 10.6 Å². The molecular weight excluding hydrogens is 268 g/mol. The lowest BCUT2D eigenvalue weighted by atomic mass is 10.0. The monoisotopic (exact) mass is 290 g/mol. The van der Waals surface area contributed by atoms with Gasteiger partial charge in [0, 0.05) is 12.1 Å². The number of aryl methyl sites for hydroxylation is 2. The predicted molar refractivity (Wildman–Crippen MR) is 86.9 cm³/mol. The molecule has 3 nitrogen and oxygen atoms in total. The number of amides is 1. The highest BCUT2D eigenvalue weighted by Gasteiger charge is 2.18. The first-order valence-electron chi connectivity index (χ1n) is 7.22. The second-order valence-electron chi connectivity index (χ2n) is 5.68. The number of benzene rings is 1. The molecular formula is C16H22N2OS. The summed E-state index contributed by atoms with van der Waals surface area (Å²) in [5.41, 5.74) is 3.23. The van der Waals surface area contributed by atoms with Gasteiger partial charge in [-0.2, -0.15) is 0 Å². The molecule has 0 aromatic heterocycles. The van der Waals surface area contributed by atoms with E-state index in [0.29, 0.717) is 17.5 Å². The average Bonchev–Trinajstić information content (AvgIpc) is 2.86. The quantitative estimate of drug-likeness (QED) is 0.834. The van der Waals surface area contributed by atoms with Crippen molar-refractivity contribution in [1.29, 1.82) is 0 Å². The van der Waals surface area contributed by atoms with Crippen LogP contribution in [0.15, 0.2) is 18.2 Å². The third-order valence-electron chi connectivity index (χ3n) is 3.84. The van der Waals surface area contributed by atoms with Crippen molar-refractivity contribution in [1.82, 2.24) is 5.32 Å². The van der Waals surface area contributed by atoms with Gasteiger partial charge in [0.05, 0.1) is 0 Å². The van der Waals surface area contributed by atoms with Crippen molar-refractivity contribution in [3.8, 4) is 0 Å². The van der Waals surface area contributed by atoms with E-state index >= 15 is 0 Å². The molecule has 1 aliphatic carbocycles. The van der Waals surface area contributed by atoms with E-state index < -0.39 is 0 Å². The summed E-state index contributed by atoms with van der Waals surface area (Å²) < 4.78 is 0. The summed E-state index contributed by atoms with van der Waals surface area (Å²) in [5, 5.41) is 6.28. The van der Waals surface area contributed by atoms with E-state index in [1.807, 2.05) is 26.0 Å². The summed E-state index contributed by atoms with van der Waals surface area (Å²) in [5.74, 6) is 0.568. The lowest BCUT2D eigenvalue weighted by molar-refractivity contribution is -0.120. The molecule has 1 fully saturated rings. The van der Waals surface area contributed by atoms with Crippen LogP contribution >= 0.6 is 12.2 Å². The van der Waals surface area contributed by atoms with Gasteiger partial charge in [0.2, 0.25) is 5.91 Å². The van der Waals surface area contributed by atoms with E-state index in [0.717, 1.165) is 16.8 Å². The Morgan fingerprint density at radius 3 is 2.70 bits per heavy atom. The Morgan fingerprint density at radius 2 is 2.00 bits per heavy atom. The second-order valence-corrected chi connectivity index (χ2v) is 6.08. The minimum Gasteiger partial charge on any atom is -0.332 e. The first kappa shape index (κ1) is 15.0. The van der Waals surface area contributed by atoms with E-state index in [4.69, 9.17) is 12.2 Å². The first-order valence-corrected chi connectivity index (χ1v) is 7.63. The molecule has 1 aliphatic rings. The van der Waals surface area contributed by atoms with Crippen LogP contribution in [0.5, 0.6) is 0 Å². The number of thiocarbonyl (C=S) groups is 1. The molecule has 0 bridgehead atoms. The molecule has 0 aliphatic heterocycles. The fourth-order valence-corrected chi connectivity index (χ4v) is 2.90. The third kappa shape index (κ3) is 4.30. The SMILES string of the molecule is Cc1ccc(C)c(NC(=S)NC(=O)CC2CCCC2)c1. The smallest absolute Gasteiger partial charge is 0.226 e. The predicted octanol–water partition coefficient (Wildman–Crippen LogP) is 3.70. The molecule has 20 heavy (non-hydrogen) atoms. The average molecular weight is 290 g/mol. The zero-order valence-corrected chi connectivity index (χ0v) is 13.0. The summed E-state index contributed by atoms with van der Waals surface area (Å²) in [4.78, 5) is 11.9. The largest absolute Gasteiger partial charge is 0.332 e. The maximum absolute atomic E-state index is 11.9. The van der Waals surface area contributed by atoms with Crippen LogP contribution in [0.25, 0.3) is 0 Å². The van der Waals surface area contributed by atoms with Gasteiger partial charge in [0.25, 0.3) is 0 Å². The molecule has 2 N–H and O–H groups in total.